The van der Waals surface area contributed by atoms with Crippen molar-refractivity contribution in [2.45, 2.75) is 39.8 Å². The molecule has 0 radical (unpaired) electrons. The number of nitrogens with zero attached hydrogens (tertiary/aromatic N) is 1. The standard InChI is InChI=1S/C16H24N2O2/c1-16(2,3)15(8-10-19)18-12-13-6-4-5-7-14(13)20-11-9-17/h4-7,15,18-19H,8,10-12H2,1-3H3. The summed E-state index contributed by atoms with van der Waals surface area (Å²) in [5, 5.41) is 21.2. The first-order chi connectivity index (χ1) is 9.49. The normalized spacial score (nSPS) is 12.8. The second-order valence-corrected chi connectivity index (χ2v) is 5.87. The molecule has 0 saturated carbocycles. The summed E-state index contributed by atoms with van der Waals surface area (Å²) in [6.07, 6.45) is 0.713. The van der Waals surface area contributed by atoms with Crippen molar-refractivity contribution in [1.29, 1.82) is 5.26 Å². The van der Waals surface area contributed by atoms with E-state index >= 15 is 0 Å². The second-order valence-electron chi connectivity index (χ2n) is 5.87. The molecule has 1 rings (SSSR count). The molecule has 1 aromatic rings. The number of nitrogens with one attached hydrogen (secondary N) is 1. The van der Waals surface area contributed by atoms with Gasteiger partial charge in [-0.05, 0) is 17.9 Å². The molecule has 1 atom stereocenters. The maximum atomic E-state index is 9.17. The lowest BCUT2D eigenvalue weighted by atomic mass is 9.85. The average molecular weight is 276 g/mol. The summed E-state index contributed by atoms with van der Waals surface area (Å²) in [6, 6.07) is 9.89. The molecule has 4 heteroatoms. The van der Waals surface area contributed by atoms with E-state index in [-0.39, 0.29) is 24.7 Å². The molecule has 1 aromatic carbocycles. The Morgan fingerprint density at radius 2 is 2.05 bits per heavy atom. The van der Waals surface area contributed by atoms with Crippen molar-refractivity contribution in [3.63, 3.8) is 0 Å². The van der Waals surface area contributed by atoms with Gasteiger partial charge in [-0.3, -0.25) is 0 Å². The van der Waals surface area contributed by atoms with Crippen molar-refractivity contribution in [2.75, 3.05) is 13.2 Å². The van der Waals surface area contributed by atoms with E-state index in [2.05, 4.69) is 26.1 Å². The molecule has 0 aliphatic heterocycles. The Morgan fingerprint density at radius 3 is 2.65 bits per heavy atom. The quantitative estimate of drug-likeness (QED) is 0.803. The monoisotopic (exact) mass is 276 g/mol. The Labute approximate surface area is 121 Å². The van der Waals surface area contributed by atoms with Gasteiger partial charge in [0, 0.05) is 24.8 Å². The van der Waals surface area contributed by atoms with Gasteiger partial charge >= 0.3 is 0 Å². The van der Waals surface area contributed by atoms with E-state index in [4.69, 9.17) is 15.1 Å². The number of benzene rings is 1. The summed E-state index contributed by atoms with van der Waals surface area (Å²) in [5.74, 6) is 0.734. The van der Waals surface area contributed by atoms with Crippen LogP contribution in [-0.2, 0) is 6.54 Å². The summed E-state index contributed by atoms with van der Waals surface area (Å²) in [6.45, 7) is 7.33. The lowest BCUT2D eigenvalue weighted by Gasteiger charge is -2.31. The van der Waals surface area contributed by atoms with E-state index in [9.17, 15) is 0 Å². The number of hydrogen-bond donors (Lipinski definition) is 2. The molecule has 0 heterocycles. The first-order valence-corrected chi connectivity index (χ1v) is 6.91. The van der Waals surface area contributed by atoms with Gasteiger partial charge in [0.2, 0.25) is 0 Å². The molecule has 0 fully saturated rings. The zero-order valence-electron chi connectivity index (χ0n) is 12.5. The molecule has 0 aliphatic rings. The number of nitriles is 1. The van der Waals surface area contributed by atoms with Crippen LogP contribution >= 0.6 is 0 Å². The van der Waals surface area contributed by atoms with Crippen LogP contribution in [0, 0.1) is 16.7 Å². The van der Waals surface area contributed by atoms with Gasteiger partial charge in [-0.1, -0.05) is 39.0 Å². The molecule has 0 aromatic heterocycles. The fraction of sp³-hybridized carbons (Fsp3) is 0.562. The van der Waals surface area contributed by atoms with E-state index in [0.29, 0.717) is 13.0 Å². The molecule has 0 amide bonds. The minimum absolute atomic E-state index is 0.0519. The van der Waals surface area contributed by atoms with Gasteiger partial charge in [-0.25, -0.2) is 0 Å². The van der Waals surface area contributed by atoms with Gasteiger partial charge in [0.15, 0.2) is 6.61 Å². The van der Waals surface area contributed by atoms with Gasteiger partial charge in [-0.15, -0.1) is 0 Å². The predicted molar refractivity (Wildman–Crippen MR) is 79.3 cm³/mol. The van der Waals surface area contributed by atoms with Crippen LogP contribution in [0.1, 0.15) is 32.8 Å². The molecule has 2 N–H and O–H groups in total. The van der Waals surface area contributed by atoms with Gasteiger partial charge in [-0.2, -0.15) is 5.26 Å². The maximum absolute atomic E-state index is 9.17. The molecule has 4 nitrogen and oxygen atoms in total. The summed E-state index contributed by atoms with van der Waals surface area (Å²) < 4.78 is 5.41. The first kappa shape index (κ1) is 16.5. The van der Waals surface area contributed by atoms with Crippen LogP contribution in [0.15, 0.2) is 24.3 Å². The number of para-hydroxylation sites is 1. The second kappa shape index (κ2) is 7.88. The summed E-state index contributed by atoms with van der Waals surface area (Å²) in [4.78, 5) is 0. The van der Waals surface area contributed by atoms with Crippen LogP contribution in [0.4, 0.5) is 0 Å². The van der Waals surface area contributed by atoms with Crippen LogP contribution < -0.4 is 10.1 Å². The maximum Gasteiger partial charge on any atom is 0.174 e. The zero-order valence-corrected chi connectivity index (χ0v) is 12.5. The third kappa shape index (κ3) is 5.20. The topological polar surface area (TPSA) is 65.3 Å². The van der Waals surface area contributed by atoms with E-state index in [1.807, 2.05) is 30.3 Å². The lowest BCUT2D eigenvalue weighted by Crippen LogP contribution is -2.40. The molecule has 110 valence electrons. The van der Waals surface area contributed by atoms with Crippen molar-refractivity contribution < 1.29 is 9.84 Å². The average Bonchev–Trinajstić information content (AvgIpc) is 2.40. The summed E-state index contributed by atoms with van der Waals surface area (Å²) in [5.41, 5.74) is 1.10. The number of aliphatic hydroxyl groups is 1. The highest BCUT2D eigenvalue weighted by Gasteiger charge is 2.23. The molecular weight excluding hydrogens is 252 g/mol. The third-order valence-corrected chi connectivity index (χ3v) is 3.27. The van der Waals surface area contributed by atoms with Gasteiger partial charge in [0.1, 0.15) is 11.8 Å². The molecule has 0 bridgehead atoms. The molecule has 20 heavy (non-hydrogen) atoms. The van der Waals surface area contributed by atoms with Gasteiger partial charge < -0.3 is 15.2 Å². The van der Waals surface area contributed by atoms with E-state index < -0.39 is 0 Å². The highest BCUT2D eigenvalue weighted by atomic mass is 16.5. The van der Waals surface area contributed by atoms with Crippen molar-refractivity contribution >= 4 is 0 Å². The largest absolute Gasteiger partial charge is 0.478 e. The summed E-state index contributed by atoms with van der Waals surface area (Å²) in [7, 11) is 0. The highest BCUT2D eigenvalue weighted by Crippen LogP contribution is 2.23. The minimum Gasteiger partial charge on any atom is -0.478 e. The number of ether oxygens (including phenoxy) is 1. The number of aliphatic hydroxyl groups excluding tert-OH is 1. The highest BCUT2D eigenvalue weighted by molar-refractivity contribution is 5.33. The van der Waals surface area contributed by atoms with Crippen LogP contribution in [0.25, 0.3) is 0 Å². The van der Waals surface area contributed by atoms with Crippen LogP contribution in [-0.4, -0.2) is 24.4 Å². The molecule has 0 spiro atoms. The van der Waals surface area contributed by atoms with E-state index in [1.165, 1.54) is 0 Å². The lowest BCUT2D eigenvalue weighted by molar-refractivity contribution is 0.196. The van der Waals surface area contributed by atoms with Crippen molar-refractivity contribution in [2.24, 2.45) is 5.41 Å². The molecule has 0 aliphatic carbocycles. The summed E-state index contributed by atoms with van der Waals surface area (Å²) >= 11 is 0. The Hall–Kier alpha value is -1.57. The zero-order chi connectivity index (χ0) is 15.0. The Morgan fingerprint density at radius 1 is 1.35 bits per heavy atom. The third-order valence-electron chi connectivity index (χ3n) is 3.27. The van der Waals surface area contributed by atoms with Crippen LogP contribution in [0.2, 0.25) is 0 Å². The Bertz CT molecular complexity index is 447. The van der Waals surface area contributed by atoms with E-state index in [1.54, 1.807) is 0 Å². The SMILES string of the molecule is CC(C)(C)C(CCO)NCc1ccccc1OCC#N. The van der Waals surface area contributed by atoms with Gasteiger partial charge in [0.05, 0.1) is 0 Å². The molecule has 0 saturated heterocycles. The Kier molecular flexibility index (Phi) is 6.50. The predicted octanol–water partition coefficient (Wildman–Crippen LogP) is 2.48. The molecular formula is C16H24N2O2. The van der Waals surface area contributed by atoms with Crippen molar-refractivity contribution in [1.82, 2.24) is 5.32 Å². The number of rotatable bonds is 7. The van der Waals surface area contributed by atoms with Crippen molar-refractivity contribution in [3.8, 4) is 11.8 Å². The van der Waals surface area contributed by atoms with E-state index in [0.717, 1.165) is 11.3 Å². The first-order valence-electron chi connectivity index (χ1n) is 6.91. The fourth-order valence-electron chi connectivity index (χ4n) is 2.10. The minimum atomic E-state index is 0.0519. The van der Waals surface area contributed by atoms with Crippen molar-refractivity contribution in [3.05, 3.63) is 29.8 Å². The van der Waals surface area contributed by atoms with Crippen LogP contribution in [0.3, 0.4) is 0 Å². The molecule has 1 unspecified atom stereocenters. The smallest absolute Gasteiger partial charge is 0.174 e. The fourth-order valence-corrected chi connectivity index (χ4v) is 2.10. The van der Waals surface area contributed by atoms with Gasteiger partial charge in [0.25, 0.3) is 0 Å². The Balaban J connectivity index is 2.70. The van der Waals surface area contributed by atoms with Crippen LogP contribution in [0.5, 0.6) is 5.75 Å². The number of hydrogen-bond acceptors (Lipinski definition) is 4.